The third-order valence-corrected chi connectivity index (χ3v) is 12.4. The highest BCUT2D eigenvalue weighted by Crippen LogP contribution is 2.40. The average molecular weight is 868 g/mol. The van der Waals surface area contributed by atoms with E-state index in [-0.39, 0.29) is 0 Å². The first-order valence-corrected chi connectivity index (χ1v) is 22.2. The van der Waals surface area contributed by atoms with Crippen molar-refractivity contribution in [1.82, 2.24) is 14.5 Å². The SMILES string of the molecule is N#Cc1ccccc1-c1cc(-c2ccc(-c3ccc(-c4ccc(-n5c6ccccc6c6cc(N(c7ccccc7)c7ccccc7)ccc65)cc4)cc3)cc2C#N)nc(-c2ccccc2C#N)n1. The molecule has 0 atom stereocenters. The topological polar surface area (TPSA) is 105 Å². The molecule has 0 amide bonds. The molecule has 68 heavy (non-hydrogen) atoms. The van der Waals surface area contributed by atoms with Gasteiger partial charge in [-0.3, -0.25) is 0 Å². The fourth-order valence-corrected chi connectivity index (χ4v) is 9.10. The van der Waals surface area contributed by atoms with E-state index in [2.05, 4.69) is 167 Å². The molecule has 2 aromatic heterocycles. The third-order valence-electron chi connectivity index (χ3n) is 12.4. The van der Waals surface area contributed by atoms with Gasteiger partial charge in [0.15, 0.2) is 5.82 Å². The van der Waals surface area contributed by atoms with Crippen LogP contribution < -0.4 is 4.90 Å². The monoisotopic (exact) mass is 867 g/mol. The van der Waals surface area contributed by atoms with Gasteiger partial charge in [0.1, 0.15) is 0 Å². The first kappa shape index (κ1) is 40.9. The second-order valence-corrected chi connectivity index (χ2v) is 16.3. The zero-order valence-corrected chi connectivity index (χ0v) is 36.5. The summed E-state index contributed by atoms with van der Waals surface area (Å²) in [6.45, 7) is 0. The van der Waals surface area contributed by atoms with Crippen LogP contribution in [0.2, 0.25) is 0 Å². The molecule has 0 fully saturated rings. The van der Waals surface area contributed by atoms with E-state index in [1.165, 1.54) is 10.8 Å². The molecule has 7 heteroatoms. The normalized spacial score (nSPS) is 10.9. The largest absolute Gasteiger partial charge is 0.310 e. The summed E-state index contributed by atoms with van der Waals surface area (Å²) in [5.41, 5.74) is 14.8. The first-order valence-electron chi connectivity index (χ1n) is 22.2. The molecule has 0 unspecified atom stereocenters. The standard InChI is InChI=1S/C61H37N7/c62-38-45-13-7-9-19-52(45)57-37-58(66-61(65-57)54-20-10-8-14-46(54)39-63)53-33-29-44(35-47(53)40-64)43-25-23-41(24-26-43)42-27-30-50(31-28-42)68-59-22-12-11-21-55(59)56-36-51(32-34-60(56)68)67(48-15-3-1-4-16-48)49-17-5-2-6-18-49/h1-37H. The van der Waals surface area contributed by atoms with Gasteiger partial charge in [-0.1, -0.05) is 133 Å². The fourth-order valence-electron chi connectivity index (χ4n) is 9.10. The molecule has 11 rings (SSSR count). The van der Waals surface area contributed by atoms with Crippen LogP contribution in [0.15, 0.2) is 224 Å². The summed E-state index contributed by atoms with van der Waals surface area (Å²) < 4.78 is 2.34. The smallest absolute Gasteiger partial charge is 0.161 e. The second-order valence-electron chi connectivity index (χ2n) is 16.3. The van der Waals surface area contributed by atoms with E-state index in [1.807, 2.05) is 48.5 Å². The van der Waals surface area contributed by atoms with Crippen molar-refractivity contribution in [3.8, 4) is 80.1 Å². The minimum atomic E-state index is 0.331. The minimum Gasteiger partial charge on any atom is -0.310 e. The van der Waals surface area contributed by atoms with Gasteiger partial charge in [0.25, 0.3) is 0 Å². The lowest BCUT2D eigenvalue weighted by Gasteiger charge is -2.25. The van der Waals surface area contributed by atoms with Crippen LogP contribution in [0.5, 0.6) is 0 Å². The Hall–Kier alpha value is -9.87. The zero-order chi connectivity index (χ0) is 46.0. The number of para-hydroxylation sites is 3. The van der Waals surface area contributed by atoms with Gasteiger partial charge >= 0.3 is 0 Å². The van der Waals surface area contributed by atoms with Crippen LogP contribution >= 0.6 is 0 Å². The zero-order valence-electron chi connectivity index (χ0n) is 36.5. The molecule has 0 spiro atoms. The van der Waals surface area contributed by atoms with Gasteiger partial charge in [-0.15, -0.1) is 0 Å². The Morgan fingerprint density at radius 2 is 0.838 bits per heavy atom. The van der Waals surface area contributed by atoms with Crippen LogP contribution in [0, 0.1) is 34.0 Å². The lowest BCUT2D eigenvalue weighted by molar-refractivity contribution is 1.18. The van der Waals surface area contributed by atoms with E-state index < -0.39 is 0 Å². The van der Waals surface area contributed by atoms with Crippen LogP contribution in [0.3, 0.4) is 0 Å². The number of rotatable bonds is 9. The summed E-state index contributed by atoms with van der Waals surface area (Å²) in [6, 6.07) is 82.2. The quantitative estimate of drug-likeness (QED) is 0.143. The van der Waals surface area contributed by atoms with Gasteiger partial charge in [-0.2, -0.15) is 15.8 Å². The maximum atomic E-state index is 10.5. The van der Waals surface area contributed by atoms with Crippen LogP contribution in [-0.2, 0) is 0 Å². The number of hydrogen-bond acceptors (Lipinski definition) is 6. The Morgan fingerprint density at radius 1 is 0.353 bits per heavy atom. The number of aromatic nitrogens is 3. The van der Waals surface area contributed by atoms with Crippen LogP contribution in [0.25, 0.3) is 83.6 Å². The molecule has 0 aliphatic rings. The molecule has 0 aliphatic heterocycles. The van der Waals surface area contributed by atoms with Crippen molar-refractivity contribution in [1.29, 1.82) is 15.8 Å². The van der Waals surface area contributed by atoms with E-state index >= 15 is 0 Å². The highest BCUT2D eigenvalue weighted by molar-refractivity contribution is 6.10. The molecule has 0 aliphatic carbocycles. The molecule has 2 heterocycles. The van der Waals surface area contributed by atoms with Crippen molar-refractivity contribution < 1.29 is 0 Å². The predicted octanol–water partition coefficient (Wildman–Crippen LogP) is 15.0. The highest BCUT2D eigenvalue weighted by atomic mass is 15.1. The van der Waals surface area contributed by atoms with Crippen molar-refractivity contribution in [2.24, 2.45) is 0 Å². The van der Waals surface area contributed by atoms with E-state index in [0.29, 0.717) is 50.6 Å². The van der Waals surface area contributed by atoms with Gasteiger partial charge in [-0.05, 0) is 113 Å². The van der Waals surface area contributed by atoms with Crippen molar-refractivity contribution in [3.05, 3.63) is 241 Å². The van der Waals surface area contributed by atoms with Crippen LogP contribution in [0.1, 0.15) is 16.7 Å². The summed E-state index contributed by atoms with van der Waals surface area (Å²) in [5, 5.41) is 32.8. The molecule has 0 N–H and O–H groups in total. The Kier molecular flexibility index (Phi) is 10.6. The minimum absolute atomic E-state index is 0.331. The first-order chi connectivity index (χ1) is 33.6. The van der Waals surface area contributed by atoms with Crippen molar-refractivity contribution in [2.75, 3.05) is 4.90 Å². The maximum absolute atomic E-state index is 10.5. The van der Waals surface area contributed by atoms with Crippen molar-refractivity contribution in [2.45, 2.75) is 0 Å². The number of nitrogens with zero attached hydrogens (tertiary/aromatic N) is 7. The summed E-state index contributed by atoms with van der Waals surface area (Å²) in [7, 11) is 0. The number of benzene rings is 9. The second kappa shape index (κ2) is 17.6. The summed E-state index contributed by atoms with van der Waals surface area (Å²) in [4.78, 5) is 12.0. The molecule has 11 aromatic rings. The van der Waals surface area contributed by atoms with Crippen LogP contribution in [0.4, 0.5) is 17.1 Å². The Morgan fingerprint density at radius 3 is 1.47 bits per heavy atom. The van der Waals surface area contributed by atoms with E-state index in [1.54, 1.807) is 36.4 Å². The lowest BCUT2D eigenvalue weighted by atomic mass is 9.95. The van der Waals surface area contributed by atoms with Crippen LogP contribution in [-0.4, -0.2) is 14.5 Å². The van der Waals surface area contributed by atoms with Gasteiger partial charge in [-0.25, -0.2) is 9.97 Å². The van der Waals surface area contributed by atoms with Crippen molar-refractivity contribution in [3.63, 3.8) is 0 Å². The van der Waals surface area contributed by atoms with Gasteiger partial charge in [0.05, 0.1) is 57.3 Å². The van der Waals surface area contributed by atoms with Gasteiger partial charge in [0, 0.05) is 50.2 Å². The molecule has 0 saturated heterocycles. The average Bonchev–Trinajstić information content (AvgIpc) is 3.75. The molecule has 0 bridgehead atoms. The molecule has 0 saturated carbocycles. The number of nitriles is 3. The van der Waals surface area contributed by atoms with Gasteiger partial charge in [0.2, 0.25) is 0 Å². The molecular weight excluding hydrogens is 831 g/mol. The molecule has 7 nitrogen and oxygen atoms in total. The molecular formula is C61H37N7. The van der Waals surface area contributed by atoms with E-state index in [9.17, 15) is 15.8 Å². The molecule has 316 valence electrons. The lowest BCUT2D eigenvalue weighted by Crippen LogP contribution is -2.09. The Balaban J connectivity index is 0.903. The maximum Gasteiger partial charge on any atom is 0.161 e. The summed E-state index contributed by atoms with van der Waals surface area (Å²) >= 11 is 0. The highest BCUT2D eigenvalue weighted by Gasteiger charge is 2.19. The fraction of sp³-hybridized carbons (Fsp3) is 0. The summed E-state index contributed by atoms with van der Waals surface area (Å²) in [6.07, 6.45) is 0. The van der Waals surface area contributed by atoms with E-state index in [4.69, 9.17) is 9.97 Å². The summed E-state index contributed by atoms with van der Waals surface area (Å²) in [5.74, 6) is 0.331. The Labute approximate surface area is 393 Å². The predicted molar refractivity (Wildman–Crippen MR) is 272 cm³/mol. The third kappa shape index (κ3) is 7.47. The number of anilines is 3. The number of hydrogen-bond donors (Lipinski definition) is 0. The van der Waals surface area contributed by atoms with E-state index in [0.717, 1.165) is 56.0 Å². The Bertz CT molecular complexity index is 3700. The molecule has 9 aromatic carbocycles. The number of fused-ring (bicyclic) bond motifs is 3. The van der Waals surface area contributed by atoms with Crippen molar-refractivity contribution >= 4 is 38.9 Å². The van der Waals surface area contributed by atoms with Gasteiger partial charge < -0.3 is 9.47 Å². The molecule has 0 radical (unpaired) electrons.